The molecule has 0 atom stereocenters. The van der Waals surface area contributed by atoms with Crippen molar-refractivity contribution < 1.29 is 14.7 Å². The molecule has 0 bridgehead atoms. The number of hydrogen-bond acceptors (Lipinski definition) is 2. The van der Waals surface area contributed by atoms with Crippen LogP contribution in [0.2, 0.25) is 0 Å². The second-order valence-corrected chi connectivity index (χ2v) is 5.47. The lowest BCUT2D eigenvalue weighted by atomic mass is 9.87. The average Bonchev–Trinajstić information content (AvgIpc) is 2.14. The van der Waals surface area contributed by atoms with Crippen LogP contribution in [0, 0.1) is 5.41 Å². The second kappa shape index (κ2) is 5.32. The minimum atomic E-state index is -0.836. The quantitative estimate of drug-likeness (QED) is 0.733. The average molecular weight is 229 g/mol. The molecule has 94 valence electrons. The summed E-state index contributed by atoms with van der Waals surface area (Å²) in [5.41, 5.74) is -0.873. The van der Waals surface area contributed by atoms with E-state index in [-0.39, 0.29) is 12.3 Å². The van der Waals surface area contributed by atoms with Crippen molar-refractivity contribution in [3.05, 3.63) is 0 Å². The van der Waals surface area contributed by atoms with Gasteiger partial charge in [-0.2, -0.15) is 0 Å². The van der Waals surface area contributed by atoms with E-state index in [1.54, 1.807) is 0 Å². The van der Waals surface area contributed by atoms with E-state index in [9.17, 15) is 9.59 Å². The van der Waals surface area contributed by atoms with Crippen LogP contribution in [-0.2, 0) is 9.59 Å². The molecule has 4 nitrogen and oxygen atoms in total. The molecule has 0 aliphatic heterocycles. The van der Waals surface area contributed by atoms with E-state index in [0.29, 0.717) is 6.42 Å². The van der Waals surface area contributed by atoms with E-state index in [4.69, 9.17) is 5.11 Å². The van der Waals surface area contributed by atoms with E-state index in [1.165, 1.54) is 0 Å². The summed E-state index contributed by atoms with van der Waals surface area (Å²) in [4.78, 5) is 22.4. The molecular weight excluding hydrogens is 206 g/mol. The zero-order chi connectivity index (χ0) is 13.0. The first-order chi connectivity index (χ1) is 7.10. The highest BCUT2D eigenvalue weighted by Gasteiger charge is 2.30. The lowest BCUT2D eigenvalue weighted by Gasteiger charge is -2.31. The van der Waals surface area contributed by atoms with E-state index in [2.05, 4.69) is 5.32 Å². The third kappa shape index (κ3) is 5.14. The maximum Gasteiger partial charge on any atom is 0.303 e. The van der Waals surface area contributed by atoms with Gasteiger partial charge in [-0.15, -0.1) is 0 Å². The molecule has 0 saturated carbocycles. The Bertz CT molecular complexity index is 269. The first-order valence-corrected chi connectivity index (χ1v) is 5.65. The maximum atomic E-state index is 11.9. The summed E-state index contributed by atoms with van der Waals surface area (Å²) in [5, 5.41) is 11.5. The van der Waals surface area contributed by atoms with Gasteiger partial charge in [0, 0.05) is 17.4 Å². The van der Waals surface area contributed by atoms with Gasteiger partial charge in [0.2, 0.25) is 5.91 Å². The van der Waals surface area contributed by atoms with E-state index < -0.39 is 16.9 Å². The molecule has 0 saturated heterocycles. The van der Waals surface area contributed by atoms with Crippen molar-refractivity contribution in [1.82, 2.24) is 5.32 Å². The van der Waals surface area contributed by atoms with Crippen molar-refractivity contribution in [2.24, 2.45) is 5.41 Å². The zero-order valence-corrected chi connectivity index (χ0v) is 10.9. The highest BCUT2D eigenvalue weighted by atomic mass is 16.4. The molecule has 1 amide bonds. The molecule has 0 unspecified atom stereocenters. The lowest BCUT2D eigenvalue weighted by Crippen LogP contribution is -2.48. The van der Waals surface area contributed by atoms with Gasteiger partial charge in [-0.05, 0) is 26.7 Å². The van der Waals surface area contributed by atoms with Crippen LogP contribution in [0.1, 0.15) is 53.9 Å². The summed E-state index contributed by atoms with van der Waals surface area (Å²) in [6.07, 6.45) is 1.27. The highest BCUT2D eigenvalue weighted by Crippen LogP contribution is 2.22. The molecule has 0 aromatic heterocycles. The smallest absolute Gasteiger partial charge is 0.303 e. The standard InChI is InChI=1S/C12H23NO3/c1-6-11(2,3)10(16)13-12(4,5)8-7-9(14)15/h6-8H2,1-5H3,(H,13,16)(H,14,15). The molecular formula is C12H23NO3. The van der Waals surface area contributed by atoms with Crippen LogP contribution in [0.3, 0.4) is 0 Å². The maximum absolute atomic E-state index is 11.9. The number of carbonyl (C=O) groups excluding carboxylic acids is 1. The summed E-state index contributed by atoms with van der Waals surface area (Å²) >= 11 is 0. The molecule has 2 N–H and O–H groups in total. The van der Waals surface area contributed by atoms with Gasteiger partial charge in [-0.1, -0.05) is 20.8 Å². The summed E-state index contributed by atoms with van der Waals surface area (Å²) in [6.45, 7) is 9.42. The van der Waals surface area contributed by atoms with Crippen molar-refractivity contribution in [3.8, 4) is 0 Å². The van der Waals surface area contributed by atoms with Gasteiger partial charge >= 0.3 is 5.97 Å². The molecule has 0 fully saturated rings. The molecule has 0 rings (SSSR count). The number of carbonyl (C=O) groups is 2. The third-order valence-corrected chi connectivity index (χ3v) is 2.91. The Morgan fingerprint density at radius 2 is 1.69 bits per heavy atom. The largest absolute Gasteiger partial charge is 0.481 e. The molecule has 0 radical (unpaired) electrons. The fourth-order valence-electron chi connectivity index (χ4n) is 1.12. The van der Waals surface area contributed by atoms with Crippen LogP contribution >= 0.6 is 0 Å². The molecule has 0 aliphatic carbocycles. The molecule has 0 aromatic carbocycles. The van der Waals surface area contributed by atoms with Crippen molar-refractivity contribution >= 4 is 11.9 Å². The monoisotopic (exact) mass is 229 g/mol. The fourth-order valence-corrected chi connectivity index (χ4v) is 1.12. The van der Waals surface area contributed by atoms with Crippen LogP contribution in [0.25, 0.3) is 0 Å². The number of carboxylic acid groups (broad SMARTS) is 1. The summed E-state index contributed by atoms with van der Waals surface area (Å²) in [5.74, 6) is -0.859. The van der Waals surface area contributed by atoms with Crippen LogP contribution in [0.4, 0.5) is 0 Å². The molecule has 4 heteroatoms. The van der Waals surface area contributed by atoms with Crippen LogP contribution < -0.4 is 5.32 Å². The predicted octanol–water partition coefficient (Wildman–Crippen LogP) is 2.18. The Balaban J connectivity index is 4.36. The summed E-state index contributed by atoms with van der Waals surface area (Å²) < 4.78 is 0. The van der Waals surface area contributed by atoms with Gasteiger partial charge in [0.05, 0.1) is 0 Å². The Labute approximate surface area is 97.4 Å². The number of hydrogen-bond donors (Lipinski definition) is 2. The Hall–Kier alpha value is -1.06. The van der Waals surface area contributed by atoms with Gasteiger partial charge in [-0.25, -0.2) is 0 Å². The number of rotatable bonds is 6. The molecule has 0 aliphatic rings. The molecule has 0 aromatic rings. The number of nitrogens with one attached hydrogen (secondary N) is 1. The SMILES string of the molecule is CCC(C)(C)C(=O)NC(C)(C)CCC(=O)O. The van der Waals surface area contributed by atoms with Crippen molar-refractivity contribution in [2.45, 2.75) is 59.4 Å². The third-order valence-electron chi connectivity index (χ3n) is 2.91. The Morgan fingerprint density at radius 3 is 2.06 bits per heavy atom. The Morgan fingerprint density at radius 1 is 1.19 bits per heavy atom. The van der Waals surface area contributed by atoms with Gasteiger partial charge in [0.25, 0.3) is 0 Å². The predicted molar refractivity (Wildman–Crippen MR) is 63.2 cm³/mol. The summed E-state index contributed by atoms with van der Waals surface area (Å²) in [7, 11) is 0. The summed E-state index contributed by atoms with van der Waals surface area (Å²) in [6, 6.07) is 0. The fraction of sp³-hybridized carbons (Fsp3) is 0.833. The van der Waals surface area contributed by atoms with Gasteiger partial charge in [0.1, 0.15) is 0 Å². The second-order valence-electron chi connectivity index (χ2n) is 5.47. The first-order valence-electron chi connectivity index (χ1n) is 5.65. The Kier molecular flexibility index (Phi) is 4.97. The van der Waals surface area contributed by atoms with E-state index in [0.717, 1.165) is 6.42 Å². The van der Waals surface area contributed by atoms with Crippen molar-refractivity contribution in [3.63, 3.8) is 0 Å². The van der Waals surface area contributed by atoms with E-state index in [1.807, 2.05) is 34.6 Å². The van der Waals surface area contributed by atoms with Gasteiger partial charge in [0.15, 0.2) is 0 Å². The molecule has 0 spiro atoms. The van der Waals surface area contributed by atoms with Crippen LogP contribution in [-0.4, -0.2) is 22.5 Å². The van der Waals surface area contributed by atoms with Crippen LogP contribution in [0.5, 0.6) is 0 Å². The van der Waals surface area contributed by atoms with Crippen LogP contribution in [0.15, 0.2) is 0 Å². The van der Waals surface area contributed by atoms with Crippen molar-refractivity contribution in [2.75, 3.05) is 0 Å². The lowest BCUT2D eigenvalue weighted by molar-refractivity contribution is -0.138. The topological polar surface area (TPSA) is 66.4 Å². The number of aliphatic carboxylic acids is 1. The zero-order valence-electron chi connectivity index (χ0n) is 10.9. The van der Waals surface area contributed by atoms with Gasteiger partial charge in [-0.3, -0.25) is 9.59 Å². The number of carboxylic acids is 1. The minimum Gasteiger partial charge on any atom is -0.481 e. The van der Waals surface area contributed by atoms with Gasteiger partial charge < -0.3 is 10.4 Å². The van der Waals surface area contributed by atoms with Crippen molar-refractivity contribution in [1.29, 1.82) is 0 Å². The molecule has 0 heterocycles. The normalized spacial score (nSPS) is 12.3. The first kappa shape index (κ1) is 14.9. The highest BCUT2D eigenvalue weighted by molar-refractivity contribution is 5.82. The number of amides is 1. The molecule has 16 heavy (non-hydrogen) atoms. The van der Waals surface area contributed by atoms with E-state index >= 15 is 0 Å². The minimum absolute atomic E-state index is 0.0228.